The molecule has 0 spiro atoms. The number of benzene rings is 1. The number of rotatable bonds is 32. The van der Waals surface area contributed by atoms with E-state index < -0.39 is 0 Å². The van der Waals surface area contributed by atoms with E-state index in [0.29, 0.717) is 110 Å². The molecular weight excluding hydrogens is 838 g/mol. The SMILES string of the molecule is Nc1ncnc2c1nc(Sc1cc(Cl)cc(Cl)c1)n2CCCCCCCCNC(=O)CCOCCOCCOCCOCCNCCCCC[C@H]1SC[C@@H]2NC(=O)N[C@@H]21. The summed E-state index contributed by atoms with van der Waals surface area (Å²) in [7, 11) is 0. The Bertz CT molecular complexity index is 1690. The van der Waals surface area contributed by atoms with Gasteiger partial charge in [-0.15, -0.1) is 0 Å². The van der Waals surface area contributed by atoms with Gasteiger partial charge in [0.2, 0.25) is 5.91 Å². The van der Waals surface area contributed by atoms with Crippen LogP contribution in [0.15, 0.2) is 34.6 Å². The third kappa shape index (κ3) is 17.4. The molecule has 5 rings (SSSR count). The van der Waals surface area contributed by atoms with Gasteiger partial charge in [0.25, 0.3) is 0 Å². The van der Waals surface area contributed by atoms with E-state index in [1.807, 2.05) is 23.9 Å². The number of ether oxygens (including phenoxy) is 4. The van der Waals surface area contributed by atoms with Crippen LogP contribution in [0.5, 0.6) is 0 Å². The molecule has 3 amide bonds. The summed E-state index contributed by atoms with van der Waals surface area (Å²) in [5.41, 5.74) is 7.41. The fourth-order valence-electron chi connectivity index (χ4n) is 6.94. The van der Waals surface area contributed by atoms with Crippen LogP contribution < -0.4 is 27.0 Å². The van der Waals surface area contributed by atoms with Crippen LogP contribution in [0.3, 0.4) is 0 Å². The summed E-state index contributed by atoms with van der Waals surface area (Å²) in [6.07, 6.45) is 12.7. The number of carbonyl (C=O) groups is 2. The second kappa shape index (κ2) is 27.4. The smallest absolute Gasteiger partial charge is 0.315 e. The van der Waals surface area contributed by atoms with Crippen LogP contribution in [0.1, 0.15) is 70.6 Å². The maximum Gasteiger partial charge on any atom is 0.315 e. The summed E-state index contributed by atoms with van der Waals surface area (Å²) in [6.45, 7) is 7.28. The summed E-state index contributed by atoms with van der Waals surface area (Å²) in [4.78, 5) is 37.8. The van der Waals surface area contributed by atoms with Crippen molar-refractivity contribution in [3.63, 3.8) is 0 Å². The fourth-order valence-corrected chi connectivity index (χ4v) is 10.1. The summed E-state index contributed by atoms with van der Waals surface area (Å²) in [5.74, 6) is 1.38. The van der Waals surface area contributed by atoms with Gasteiger partial charge in [-0.25, -0.2) is 19.7 Å². The van der Waals surface area contributed by atoms with Crippen LogP contribution in [-0.4, -0.2) is 127 Å². The highest BCUT2D eigenvalue weighted by Crippen LogP contribution is 2.35. The topological polar surface area (TPSA) is 189 Å². The molecular formula is C40H61Cl2N9O6S2. The van der Waals surface area contributed by atoms with Crippen LogP contribution in [-0.2, 0) is 30.3 Å². The van der Waals surface area contributed by atoms with Crippen LogP contribution in [0.25, 0.3) is 11.2 Å². The summed E-state index contributed by atoms with van der Waals surface area (Å²) < 4.78 is 24.4. The molecule has 2 saturated heterocycles. The Morgan fingerprint density at radius 3 is 2.25 bits per heavy atom. The second-order valence-corrected chi connectivity index (χ2v) is 17.8. The minimum Gasteiger partial charge on any atom is -0.382 e. The lowest BCUT2D eigenvalue weighted by Gasteiger charge is -2.16. The monoisotopic (exact) mass is 897 g/mol. The predicted molar refractivity (Wildman–Crippen MR) is 236 cm³/mol. The van der Waals surface area contributed by atoms with E-state index in [1.165, 1.54) is 30.9 Å². The van der Waals surface area contributed by atoms with Crippen molar-refractivity contribution in [2.75, 3.05) is 84.0 Å². The molecule has 2 fully saturated rings. The number of nitrogens with zero attached hydrogens (tertiary/aromatic N) is 4. The Balaban J connectivity index is 0.747. The zero-order chi connectivity index (χ0) is 41.5. The highest BCUT2D eigenvalue weighted by Gasteiger charge is 2.42. The number of imidazole rings is 1. The third-order valence-corrected chi connectivity index (χ3v) is 12.9. The molecule has 0 aliphatic carbocycles. The lowest BCUT2D eigenvalue weighted by Crippen LogP contribution is -2.36. The summed E-state index contributed by atoms with van der Waals surface area (Å²) >= 11 is 15.9. The predicted octanol–water partition coefficient (Wildman–Crippen LogP) is 6.10. The number of carbonyl (C=O) groups excluding carboxylic acids is 2. The number of nitrogen functional groups attached to an aromatic ring is 1. The zero-order valence-corrected chi connectivity index (χ0v) is 37.0. The van der Waals surface area contributed by atoms with E-state index in [2.05, 4.69) is 35.8 Å². The van der Waals surface area contributed by atoms with E-state index in [0.717, 1.165) is 86.8 Å². The molecule has 19 heteroatoms. The number of halogens is 2. The first-order chi connectivity index (χ1) is 28.9. The number of aryl methyl sites for hydroxylation is 1. The minimum atomic E-state index is -0.0101. The van der Waals surface area contributed by atoms with Crippen molar-refractivity contribution in [1.82, 2.24) is 40.8 Å². The quantitative estimate of drug-likeness (QED) is 0.0358. The first-order valence-corrected chi connectivity index (χ1v) is 23.6. The maximum absolute atomic E-state index is 12.2. The van der Waals surface area contributed by atoms with Gasteiger partial charge in [0.1, 0.15) is 6.33 Å². The number of aromatic nitrogens is 4. The molecule has 0 unspecified atom stereocenters. The number of anilines is 1. The molecule has 1 aromatic carbocycles. The van der Waals surface area contributed by atoms with Gasteiger partial charge in [-0.05, 0) is 50.4 Å². The molecule has 59 heavy (non-hydrogen) atoms. The second-order valence-electron chi connectivity index (χ2n) is 14.6. The molecule has 0 bridgehead atoms. The lowest BCUT2D eigenvalue weighted by atomic mass is 10.0. The van der Waals surface area contributed by atoms with Crippen molar-refractivity contribution in [2.45, 2.75) is 105 Å². The summed E-state index contributed by atoms with van der Waals surface area (Å²) in [6, 6.07) is 6.02. The fraction of sp³-hybridized carbons (Fsp3) is 0.675. The molecule has 0 radical (unpaired) electrons. The molecule has 0 saturated carbocycles. The standard InChI is InChI=1S/C40H61Cl2N9O6S2/c41-29-24-30(42)26-31(25-29)59-40-50-36-37(43)46-28-47-38(36)51(40)15-9-4-2-1-3-8-13-45-34(52)11-16-54-18-20-56-22-23-57-21-19-55-17-14-44-12-7-5-6-10-33-35-32(27-58-33)48-39(53)49-35/h24-26,28,32-33,35,44H,1-23,27H2,(H,45,52)(H2,43,46,47)(H2,48,49,53)/t32-,33+,35-/m0/s1. The van der Waals surface area contributed by atoms with Gasteiger partial charge in [-0.2, -0.15) is 11.8 Å². The highest BCUT2D eigenvalue weighted by molar-refractivity contribution is 8.00. The minimum absolute atomic E-state index is 0.00580. The van der Waals surface area contributed by atoms with E-state index in [-0.39, 0.29) is 11.9 Å². The van der Waals surface area contributed by atoms with Gasteiger partial charge in [0.15, 0.2) is 22.1 Å². The molecule has 3 atom stereocenters. The summed E-state index contributed by atoms with van der Waals surface area (Å²) in [5, 5.41) is 14.9. The Labute approximate surface area is 366 Å². The van der Waals surface area contributed by atoms with Crippen LogP contribution >= 0.6 is 46.7 Å². The first-order valence-electron chi connectivity index (χ1n) is 20.9. The van der Waals surface area contributed by atoms with Crippen molar-refractivity contribution >= 4 is 75.6 Å². The van der Waals surface area contributed by atoms with Crippen molar-refractivity contribution in [1.29, 1.82) is 0 Å². The Kier molecular flexibility index (Phi) is 22.0. The number of hydrogen-bond donors (Lipinski definition) is 5. The van der Waals surface area contributed by atoms with Crippen LogP contribution in [0.4, 0.5) is 10.6 Å². The van der Waals surface area contributed by atoms with E-state index in [4.69, 9.17) is 52.9 Å². The largest absolute Gasteiger partial charge is 0.382 e. The van der Waals surface area contributed by atoms with Crippen LogP contribution in [0.2, 0.25) is 10.0 Å². The van der Waals surface area contributed by atoms with Gasteiger partial charge in [0.05, 0.1) is 64.9 Å². The van der Waals surface area contributed by atoms with Gasteiger partial charge < -0.3 is 50.5 Å². The van der Waals surface area contributed by atoms with Crippen LogP contribution in [0, 0.1) is 0 Å². The van der Waals surface area contributed by atoms with Crippen molar-refractivity contribution in [3.05, 3.63) is 34.6 Å². The number of nitrogens with two attached hydrogens (primary N) is 1. The Morgan fingerprint density at radius 1 is 0.831 bits per heavy atom. The average Bonchev–Trinajstić information content (AvgIpc) is 3.88. The molecule has 15 nitrogen and oxygen atoms in total. The van der Waals surface area contributed by atoms with E-state index in [9.17, 15) is 9.59 Å². The maximum atomic E-state index is 12.2. The van der Waals surface area contributed by atoms with Crippen molar-refractivity contribution in [2.24, 2.45) is 0 Å². The van der Waals surface area contributed by atoms with E-state index >= 15 is 0 Å². The highest BCUT2D eigenvalue weighted by atomic mass is 35.5. The Morgan fingerprint density at radius 2 is 1.49 bits per heavy atom. The lowest BCUT2D eigenvalue weighted by molar-refractivity contribution is -0.122. The van der Waals surface area contributed by atoms with Gasteiger partial charge in [-0.1, -0.05) is 73.5 Å². The normalized spacial score (nSPS) is 17.4. The number of fused-ring (bicyclic) bond motifs is 2. The van der Waals surface area contributed by atoms with Gasteiger partial charge in [0, 0.05) is 52.0 Å². The van der Waals surface area contributed by atoms with Crippen molar-refractivity contribution in [3.8, 4) is 0 Å². The Hall–Kier alpha value is -2.61. The number of thioether (sulfide) groups is 1. The number of amides is 3. The first kappa shape index (κ1) is 47.4. The third-order valence-electron chi connectivity index (χ3n) is 9.99. The molecule has 2 aliphatic rings. The number of hydrogen-bond acceptors (Lipinski definition) is 13. The number of urea groups is 1. The molecule has 328 valence electrons. The molecule has 3 aromatic rings. The van der Waals surface area contributed by atoms with Gasteiger partial charge >= 0.3 is 6.03 Å². The average molecular weight is 899 g/mol. The molecule has 2 aromatic heterocycles. The molecule has 2 aliphatic heterocycles. The number of unbranched alkanes of at least 4 members (excludes halogenated alkanes) is 7. The molecule has 4 heterocycles. The van der Waals surface area contributed by atoms with E-state index in [1.54, 1.807) is 6.07 Å². The van der Waals surface area contributed by atoms with Gasteiger partial charge in [-0.3, -0.25) is 4.79 Å². The zero-order valence-electron chi connectivity index (χ0n) is 33.9. The molecule has 6 N–H and O–H groups in total. The van der Waals surface area contributed by atoms with Crippen molar-refractivity contribution < 1.29 is 28.5 Å². The number of nitrogens with one attached hydrogen (secondary N) is 4.